The van der Waals surface area contributed by atoms with Crippen molar-refractivity contribution >= 4 is 16.8 Å². The Labute approximate surface area is 71.9 Å². The molecule has 0 saturated carbocycles. The van der Waals surface area contributed by atoms with E-state index < -0.39 is 11.1 Å². The number of nitrogens with zero attached hydrogens (tertiary/aromatic N) is 1. The van der Waals surface area contributed by atoms with E-state index >= 15 is 0 Å². The van der Waals surface area contributed by atoms with Crippen molar-refractivity contribution in [3.8, 4) is 0 Å². The molecule has 1 aromatic rings. The fourth-order valence-electron chi connectivity index (χ4n) is 0.825. The number of benzene rings is 1. The first-order valence-corrected chi connectivity index (χ1v) is 4.26. The van der Waals surface area contributed by atoms with Crippen LogP contribution in [0, 0.1) is 11.8 Å². The van der Waals surface area contributed by atoms with Crippen molar-refractivity contribution in [1.29, 1.82) is 0 Å². The molecule has 0 saturated heterocycles. The Morgan fingerprint density at radius 1 is 1.50 bits per heavy atom. The normalized spacial score (nSPS) is 12.5. The third kappa shape index (κ3) is 1.75. The number of aryl methyl sites for hydroxylation is 1. The summed E-state index contributed by atoms with van der Waals surface area (Å²) in [6.45, 7) is 1.65. The van der Waals surface area contributed by atoms with E-state index in [1.54, 1.807) is 13.0 Å². The molecule has 0 aliphatic rings. The molecule has 12 heavy (non-hydrogen) atoms. The second-order valence-corrected chi connectivity index (χ2v) is 3.19. The van der Waals surface area contributed by atoms with Crippen LogP contribution in [0.4, 0.5) is 5.69 Å². The van der Waals surface area contributed by atoms with Gasteiger partial charge in [0.15, 0.2) is 0 Å². The molecule has 5 heteroatoms. The largest absolute Gasteiger partial charge is 0.768 e. The van der Waals surface area contributed by atoms with E-state index in [0.29, 0.717) is 5.56 Å². The molecule has 1 unspecified atom stereocenters. The van der Waals surface area contributed by atoms with Gasteiger partial charge in [0, 0.05) is 4.90 Å². The zero-order chi connectivity index (χ0) is 9.14. The van der Waals surface area contributed by atoms with Gasteiger partial charge in [0.05, 0.1) is 0 Å². The third-order valence-electron chi connectivity index (χ3n) is 1.46. The van der Waals surface area contributed by atoms with Crippen molar-refractivity contribution in [3.05, 3.63) is 28.7 Å². The van der Waals surface area contributed by atoms with E-state index in [1.807, 2.05) is 0 Å². The smallest absolute Gasteiger partial charge is 0.109 e. The van der Waals surface area contributed by atoms with Crippen LogP contribution in [0.25, 0.3) is 0 Å². The lowest BCUT2D eigenvalue weighted by Gasteiger charge is -2.07. The van der Waals surface area contributed by atoms with Gasteiger partial charge in [0.25, 0.3) is 0 Å². The van der Waals surface area contributed by atoms with Gasteiger partial charge < -0.3 is 4.55 Å². The molecule has 0 fully saturated rings. The molecule has 0 aromatic heterocycles. The lowest BCUT2D eigenvalue weighted by atomic mass is 10.2. The fraction of sp³-hybridized carbons (Fsp3) is 0.143. The average molecular weight is 184 g/mol. The molecule has 0 N–H and O–H groups in total. The van der Waals surface area contributed by atoms with Crippen LogP contribution < -0.4 is 0 Å². The Balaban J connectivity index is 3.25. The number of rotatable bonds is 2. The van der Waals surface area contributed by atoms with Gasteiger partial charge in [-0.3, -0.25) is 4.21 Å². The van der Waals surface area contributed by atoms with Crippen LogP contribution in [0.1, 0.15) is 5.56 Å². The van der Waals surface area contributed by atoms with Gasteiger partial charge in [-0.2, -0.15) is 0 Å². The second kappa shape index (κ2) is 3.55. The SMILES string of the molecule is Cc1ccc(N=O)cc1S(=O)[O-]. The summed E-state index contributed by atoms with van der Waals surface area (Å²) in [5.74, 6) is 0. The van der Waals surface area contributed by atoms with Crippen LogP contribution in [0.5, 0.6) is 0 Å². The van der Waals surface area contributed by atoms with Crippen molar-refractivity contribution < 1.29 is 8.76 Å². The van der Waals surface area contributed by atoms with Gasteiger partial charge in [-0.1, -0.05) is 6.07 Å². The van der Waals surface area contributed by atoms with Gasteiger partial charge in [0.2, 0.25) is 0 Å². The molecule has 1 rings (SSSR count). The molecule has 0 radical (unpaired) electrons. The standard InChI is InChI=1S/C7H7NO3S/c1-5-2-3-6(8-9)4-7(5)12(10)11/h2-4H,1H3,(H,10,11)/p-1. The Hall–Kier alpha value is -1.07. The van der Waals surface area contributed by atoms with E-state index in [9.17, 15) is 13.7 Å². The third-order valence-corrected chi connectivity index (χ3v) is 2.26. The van der Waals surface area contributed by atoms with Crippen molar-refractivity contribution in [1.82, 2.24) is 0 Å². The summed E-state index contributed by atoms with van der Waals surface area (Å²) in [7, 11) is 0. The van der Waals surface area contributed by atoms with E-state index in [1.165, 1.54) is 12.1 Å². The highest BCUT2D eigenvalue weighted by Gasteiger charge is 2.00. The maximum atomic E-state index is 10.5. The Morgan fingerprint density at radius 3 is 2.67 bits per heavy atom. The number of nitroso groups, excluding NO2 is 1. The first-order chi connectivity index (χ1) is 5.65. The number of hydrogen-bond donors (Lipinski definition) is 0. The Morgan fingerprint density at radius 2 is 2.17 bits per heavy atom. The summed E-state index contributed by atoms with van der Waals surface area (Å²) in [4.78, 5) is 10.2. The summed E-state index contributed by atoms with van der Waals surface area (Å²) in [5.41, 5.74) is 0.732. The summed E-state index contributed by atoms with van der Waals surface area (Å²) in [6.07, 6.45) is 0. The van der Waals surface area contributed by atoms with E-state index in [-0.39, 0.29) is 10.6 Å². The Kier molecular flexibility index (Phi) is 2.67. The molecule has 64 valence electrons. The first kappa shape index (κ1) is 9.02. The van der Waals surface area contributed by atoms with Crippen LogP contribution >= 0.6 is 0 Å². The quantitative estimate of drug-likeness (QED) is 0.518. The summed E-state index contributed by atoms with van der Waals surface area (Å²) < 4.78 is 21.1. The van der Waals surface area contributed by atoms with E-state index in [0.717, 1.165) is 0 Å². The minimum absolute atomic E-state index is 0.118. The van der Waals surface area contributed by atoms with Crippen molar-refractivity contribution in [3.63, 3.8) is 0 Å². The first-order valence-electron chi connectivity index (χ1n) is 3.18. The highest BCUT2D eigenvalue weighted by Crippen LogP contribution is 2.19. The minimum atomic E-state index is -2.30. The molecular formula is C7H6NO3S-. The molecular weight excluding hydrogens is 178 g/mol. The highest BCUT2D eigenvalue weighted by atomic mass is 32.2. The molecule has 0 bridgehead atoms. The Bertz CT molecular complexity index is 337. The van der Waals surface area contributed by atoms with Gasteiger partial charge >= 0.3 is 0 Å². The van der Waals surface area contributed by atoms with Crippen molar-refractivity contribution in [2.24, 2.45) is 5.18 Å². The lowest BCUT2D eigenvalue weighted by molar-refractivity contribution is 0.536. The van der Waals surface area contributed by atoms with Crippen LogP contribution in [0.3, 0.4) is 0 Å². The maximum Gasteiger partial charge on any atom is 0.109 e. The summed E-state index contributed by atoms with van der Waals surface area (Å²) in [5, 5.41) is 2.63. The highest BCUT2D eigenvalue weighted by molar-refractivity contribution is 7.79. The summed E-state index contributed by atoms with van der Waals surface area (Å²) in [6, 6.07) is 4.26. The average Bonchev–Trinajstić information content (AvgIpc) is 2.05. The lowest BCUT2D eigenvalue weighted by Crippen LogP contribution is -1.91. The fourth-order valence-corrected chi connectivity index (χ4v) is 1.37. The topological polar surface area (TPSA) is 69.6 Å². The molecule has 0 aliphatic carbocycles. The zero-order valence-corrected chi connectivity index (χ0v) is 7.13. The van der Waals surface area contributed by atoms with Crippen LogP contribution in [0.2, 0.25) is 0 Å². The van der Waals surface area contributed by atoms with Gasteiger partial charge in [-0.15, -0.1) is 4.91 Å². The number of hydrogen-bond acceptors (Lipinski definition) is 4. The molecule has 0 heterocycles. The molecule has 0 aliphatic heterocycles. The van der Waals surface area contributed by atoms with Gasteiger partial charge in [0.1, 0.15) is 5.69 Å². The molecule has 1 atom stereocenters. The van der Waals surface area contributed by atoms with E-state index in [2.05, 4.69) is 5.18 Å². The monoisotopic (exact) mass is 184 g/mol. The van der Waals surface area contributed by atoms with E-state index in [4.69, 9.17) is 0 Å². The molecule has 0 amide bonds. The van der Waals surface area contributed by atoms with Crippen molar-refractivity contribution in [2.45, 2.75) is 11.8 Å². The zero-order valence-electron chi connectivity index (χ0n) is 6.31. The summed E-state index contributed by atoms with van der Waals surface area (Å²) >= 11 is -2.30. The molecule has 0 spiro atoms. The van der Waals surface area contributed by atoms with Crippen molar-refractivity contribution in [2.75, 3.05) is 0 Å². The minimum Gasteiger partial charge on any atom is -0.768 e. The second-order valence-electron chi connectivity index (χ2n) is 2.28. The molecule has 1 aromatic carbocycles. The molecule has 4 nitrogen and oxygen atoms in total. The predicted molar refractivity (Wildman–Crippen MR) is 43.8 cm³/mol. The predicted octanol–water partition coefficient (Wildman–Crippen LogP) is 1.63. The van der Waals surface area contributed by atoms with Gasteiger partial charge in [-0.25, -0.2) is 0 Å². The van der Waals surface area contributed by atoms with Crippen LogP contribution in [-0.4, -0.2) is 8.76 Å². The maximum absolute atomic E-state index is 10.5. The van der Waals surface area contributed by atoms with Gasteiger partial charge in [-0.05, 0) is 40.9 Å². The van der Waals surface area contributed by atoms with Crippen LogP contribution in [0.15, 0.2) is 28.3 Å². The van der Waals surface area contributed by atoms with Crippen LogP contribution in [-0.2, 0) is 11.1 Å².